The van der Waals surface area contributed by atoms with Crippen molar-refractivity contribution in [3.8, 4) is 16.9 Å². The zero-order valence-electron chi connectivity index (χ0n) is 20.7. The number of aromatic nitrogens is 3. The maximum absolute atomic E-state index is 5.63. The first kappa shape index (κ1) is 22.7. The molecule has 6 heteroatoms. The summed E-state index contributed by atoms with van der Waals surface area (Å²) in [5.41, 5.74) is 7.66. The molecular weight excluding hydrogens is 426 g/mol. The number of methoxy groups -OCH3 is 2. The van der Waals surface area contributed by atoms with Gasteiger partial charge in [-0.2, -0.15) is 0 Å². The first-order chi connectivity index (χ1) is 16.5. The van der Waals surface area contributed by atoms with Crippen molar-refractivity contribution < 1.29 is 14.0 Å². The average molecular weight is 460 g/mol. The molecule has 178 valence electrons. The normalized spacial score (nSPS) is 18.5. The molecule has 1 aliphatic rings. The van der Waals surface area contributed by atoms with Gasteiger partial charge < -0.3 is 18.6 Å². The molecular formula is C28H33N3O3. The highest BCUT2D eigenvalue weighted by Crippen LogP contribution is 2.36. The van der Waals surface area contributed by atoms with E-state index >= 15 is 0 Å². The minimum absolute atomic E-state index is 0.366. The summed E-state index contributed by atoms with van der Waals surface area (Å²) in [4.78, 5) is 5.17. The second-order valence-electron chi connectivity index (χ2n) is 9.45. The lowest BCUT2D eigenvalue weighted by atomic mass is 9.92. The smallest absolute Gasteiger partial charge is 0.141 e. The number of ether oxygens (including phenoxy) is 2. The van der Waals surface area contributed by atoms with E-state index in [9.17, 15) is 0 Å². The van der Waals surface area contributed by atoms with Gasteiger partial charge in [-0.05, 0) is 81.3 Å². The second kappa shape index (κ2) is 9.26. The zero-order chi connectivity index (χ0) is 23.8. The molecule has 0 amide bonds. The summed E-state index contributed by atoms with van der Waals surface area (Å²) in [6, 6.07) is 13.4. The highest BCUT2D eigenvalue weighted by Gasteiger charge is 2.26. The number of benzene rings is 2. The summed E-state index contributed by atoms with van der Waals surface area (Å²) in [7, 11) is 3.54. The maximum atomic E-state index is 5.63. The Morgan fingerprint density at radius 3 is 2.44 bits per heavy atom. The maximum Gasteiger partial charge on any atom is 0.141 e. The number of fused-ring (bicyclic) bond motifs is 1. The van der Waals surface area contributed by atoms with E-state index in [0.717, 1.165) is 77.3 Å². The van der Waals surface area contributed by atoms with Crippen LogP contribution in [0.25, 0.3) is 22.2 Å². The molecule has 5 rings (SSSR count). The van der Waals surface area contributed by atoms with Crippen LogP contribution >= 0.6 is 0 Å². The molecule has 1 aliphatic carbocycles. The number of imidazole rings is 1. The largest absolute Gasteiger partial charge is 0.496 e. The molecule has 34 heavy (non-hydrogen) atoms. The Morgan fingerprint density at radius 1 is 1.00 bits per heavy atom. The highest BCUT2D eigenvalue weighted by molar-refractivity contribution is 5.84. The predicted octanol–water partition coefficient (Wildman–Crippen LogP) is 6.35. The Labute approximate surface area is 200 Å². The molecule has 0 atom stereocenters. The third-order valence-electron chi connectivity index (χ3n) is 7.25. The van der Waals surface area contributed by atoms with E-state index in [0.29, 0.717) is 12.1 Å². The molecule has 2 heterocycles. The quantitative estimate of drug-likeness (QED) is 0.336. The van der Waals surface area contributed by atoms with Gasteiger partial charge >= 0.3 is 0 Å². The summed E-state index contributed by atoms with van der Waals surface area (Å²) in [5.74, 6) is 2.86. The molecule has 4 aromatic rings. The number of rotatable bonds is 6. The molecule has 0 bridgehead atoms. The zero-order valence-corrected chi connectivity index (χ0v) is 20.7. The second-order valence-corrected chi connectivity index (χ2v) is 9.45. The molecule has 0 spiro atoms. The number of hydrogen-bond acceptors (Lipinski definition) is 5. The van der Waals surface area contributed by atoms with E-state index in [-0.39, 0.29) is 0 Å². The van der Waals surface area contributed by atoms with Crippen molar-refractivity contribution in [2.75, 3.05) is 14.2 Å². The fraction of sp³-hybridized carbons (Fsp3) is 0.429. The highest BCUT2D eigenvalue weighted by atomic mass is 16.5. The first-order valence-electron chi connectivity index (χ1n) is 12.1. The first-order valence-corrected chi connectivity index (χ1v) is 12.1. The summed E-state index contributed by atoms with van der Waals surface area (Å²) < 4.78 is 19.0. The van der Waals surface area contributed by atoms with Gasteiger partial charge in [0.05, 0.1) is 29.9 Å². The molecule has 0 unspecified atom stereocenters. The summed E-state index contributed by atoms with van der Waals surface area (Å²) in [5, 5.41) is 4.14. The molecule has 0 N–H and O–H groups in total. The van der Waals surface area contributed by atoms with Crippen LogP contribution in [0.1, 0.15) is 60.1 Å². The van der Waals surface area contributed by atoms with Gasteiger partial charge in [0.2, 0.25) is 0 Å². The predicted molar refractivity (Wildman–Crippen MR) is 134 cm³/mol. The number of nitrogens with zero attached hydrogens (tertiary/aromatic N) is 3. The third-order valence-corrected chi connectivity index (χ3v) is 7.25. The van der Waals surface area contributed by atoms with E-state index in [1.165, 1.54) is 11.1 Å². The van der Waals surface area contributed by atoms with Gasteiger partial charge in [-0.3, -0.25) is 0 Å². The topological polar surface area (TPSA) is 62.3 Å². The van der Waals surface area contributed by atoms with Crippen LogP contribution in [0.2, 0.25) is 0 Å². The third kappa shape index (κ3) is 4.11. The molecule has 1 saturated carbocycles. The Hall–Kier alpha value is -3.12. The Morgan fingerprint density at radius 2 is 1.79 bits per heavy atom. The summed E-state index contributed by atoms with van der Waals surface area (Å²) in [6.45, 7) is 6.04. The SMILES string of the molecule is COc1ccc(Cc2nc3cc(-c4c(C)noc4C)ccc3n2C2CCC(OC)CC2)cc1C. The van der Waals surface area contributed by atoms with Gasteiger partial charge in [-0.15, -0.1) is 0 Å². The Balaban J connectivity index is 1.58. The lowest BCUT2D eigenvalue weighted by Crippen LogP contribution is -2.23. The van der Waals surface area contributed by atoms with Crippen LogP contribution in [0.3, 0.4) is 0 Å². The minimum atomic E-state index is 0.366. The van der Waals surface area contributed by atoms with Gasteiger partial charge in [0.25, 0.3) is 0 Å². The standard InChI is InChI=1S/C28H33N3O3/c1-17-14-20(6-13-26(17)33-5)15-27-29-24-16-21(28-18(2)30-34-19(28)3)7-12-25(24)31(27)22-8-10-23(32-4)11-9-22/h6-7,12-14,16,22-23H,8-11,15H2,1-5H3. The molecule has 0 radical (unpaired) electrons. The van der Waals surface area contributed by atoms with Crippen LogP contribution in [0.4, 0.5) is 0 Å². The van der Waals surface area contributed by atoms with E-state index in [1.54, 1.807) is 7.11 Å². The molecule has 0 saturated heterocycles. The molecule has 2 aromatic heterocycles. The van der Waals surface area contributed by atoms with Crippen LogP contribution in [-0.2, 0) is 11.2 Å². The van der Waals surface area contributed by atoms with Crippen LogP contribution in [0.5, 0.6) is 5.75 Å². The Kier molecular flexibility index (Phi) is 6.17. The van der Waals surface area contributed by atoms with Crippen molar-refractivity contribution in [3.63, 3.8) is 0 Å². The van der Waals surface area contributed by atoms with Crippen molar-refractivity contribution in [2.24, 2.45) is 0 Å². The van der Waals surface area contributed by atoms with Crippen molar-refractivity contribution in [2.45, 2.75) is 65.0 Å². The summed E-state index contributed by atoms with van der Waals surface area (Å²) in [6.07, 6.45) is 5.52. The van der Waals surface area contributed by atoms with Gasteiger partial charge in [-0.1, -0.05) is 23.4 Å². The monoisotopic (exact) mass is 459 g/mol. The number of hydrogen-bond donors (Lipinski definition) is 0. The fourth-order valence-corrected chi connectivity index (χ4v) is 5.50. The molecule has 1 fully saturated rings. The Bertz CT molecular complexity index is 1290. The van der Waals surface area contributed by atoms with Crippen LogP contribution in [0, 0.1) is 20.8 Å². The van der Waals surface area contributed by atoms with Gasteiger partial charge in [0.1, 0.15) is 17.3 Å². The van der Waals surface area contributed by atoms with Crippen molar-refractivity contribution in [1.82, 2.24) is 14.7 Å². The van der Waals surface area contributed by atoms with Crippen molar-refractivity contribution in [1.29, 1.82) is 0 Å². The average Bonchev–Trinajstić information content (AvgIpc) is 3.37. The lowest BCUT2D eigenvalue weighted by molar-refractivity contribution is 0.0586. The molecule has 2 aromatic carbocycles. The van der Waals surface area contributed by atoms with E-state index in [2.05, 4.69) is 53.0 Å². The van der Waals surface area contributed by atoms with Crippen molar-refractivity contribution in [3.05, 3.63) is 64.8 Å². The minimum Gasteiger partial charge on any atom is -0.496 e. The molecule has 0 aliphatic heterocycles. The molecule has 6 nitrogen and oxygen atoms in total. The number of aryl methyl sites for hydroxylation is 3. The van der Waals surface area contributed by atoms with Gasteiger partial charge in [0, 0.05) is 25.1 Å². The van der Waals surface area contributed by atoms with Crippen LogP contribution < -0.4 is 4.74 Å². The van der Waals surface area contributed by atoms with Crippen LogP contribution in [-0.4, -0.2) is 35.0 Å². The fourth-order valence-electron chi connectivity index (χ4n) is 5.50. The van der Waals surface area contributed by atoms with Gasteiger partial charge in [-0.25, -0.2) is 4.98 Å². The lowest BCUT2D eigenvalue weighted by Gasteiger charge is -2.30. The van der Waals surface area contributed by atoms with Gasteiger partial charge in [0.15, 0.2) is 0 Å². The van der Waals surface area contributed by atoms with Crippen LogP contribution in [0.15, 0.2) is 40.9 Å². The van der Waals surface area contributed by atoms with E-state index in [1.807, 2.05) is 21.0 Å². The van der Waals surface area contributed by atoms with E-state index < -0.39 is 0 Å². The van der Waals surface area contributed by atoms with Crippen molar-refractivity contribution >= 4 is 11.0 Å². The summed E-state index contributed by atoms with van der Waals surface area (Å²) >= 11 is 0. The van der Waals surface area contributed by atoms with E-state index in [4.69, 9.17) is 19.0 Å².